The van der Waals surface area contributed by atoms with Gasteiger partial charge in [-0.05, 0) is 12.2 Å². The largest absolute Gasteiger partial charge is 0.456 e. The normalized spacial score (nSPS) is 12.9. The monoisotopic (exact) mass is 224 g/mol. The Kier molecular flexibility index (Phi) is 4.77. The Morgan fingerprint density at radius 1 is 0.882 bits per heavy atom. The van der Waals surface area contributed by atoms with Gasteiger partial charge in [0.2, 0.25) is 0 Å². The summed E-state index contributed by atoms with van der Waals surface area (Å²) in [6, 6.07) is 0. The standard InChI is InChI=1S/C16H16O/c1-5-9-12-16-13(8-4)14(10-6-2)15(17-16)11-7-3/h5-12H,1-4H2/b12-9-,14-10-,15-11+. The molecule has 0 spiro atoms. The lowest BCUT2D eigenvalue weighted by atomic mass is 10.1. The van der Waals surface area contributed by atoms with Crippen LogP contribution < -0.4 is 10.6 Å². The SMILES string of the molecule is C=C/C=C\c1oc(=C/C=C)/c(=C\C=C)c1C=C. The topological polar surface area (TPSA) is 13.1 Å². The summed E-state index contributed by atoms with van der Waals surface area (Å²) in [6.45, 7) is 14.8. The average molecular weight is 224 g/mol. The molecule has 0 aliphatic rings. The van der Waals surface area contributed by atoms with Crippen LogP contribution in [0.2, 0.25) is 0 Å². The lowest BCUT2D eigenvalue weighted by molar-refractivity contribution is 0.521. The fourth-order valence-electron chi connectivity index (χ4n) is 1.50. The maximum absolute atomic E-state index is 5.72. The van der Waals surface area contributed by atoms with Gasteiger partial charge in [-0.1, -0.05) is 62.8 Å². The Hall–Kier alpha value is -2.28. The van der Waals surface area contributed by atoms with E-state index in [2.05, 4.69) is 26.3 Å². The maximum atomic E-state index is 5.72. The molecule has 0 N–H and O–H groups in total. The predicted molar refractivity (Wildman–Crippen MR) is 76.6 cm³/mol. The molecule has 1 aromatic heterocycles. The minimum atomic E-state index is 0.749. The Labute approximate surface area is 102 Å². The van der Waals surface area contributed by atoms with Gasteiger partial charge in [0.25, 0.3) is 0 Å². The average Bonchev–Trinajstić information content (AvgIpc) is 2.65. The number of hydrogen-bond donors (Lipinski definition) is 0. The van der Waals surface area contributed by atoms with Crippen LogP contribution in [0, 0.1) is 0 Å². The zero-order chi connectivity index (χ0) is 12.7. The van der Waals surface area contributed by atoms with Crippen LogP contribution in [0.5, 0.6) is 0 Å². The summed E-state index contributed by atoms with van der Waals surface area (Å²) in [4.78, 5) is 0. The molecule has 17 heavy (non-hydrogen) atoms. The van der Waals surface area contributed by atoms with E-state index in [0.717, 1.165) is 22.0 Å². The lowest BCUT2D eigenvalue weighted by Gasteiger charge is -1.87. The van der Waals surface area contributed by atoms with Crippen molar-refractivity contribution in [1.82, 2.24) is 0 Å². The van der Waals surface area contributed by atoms with Crippen LogP contribution in [0.25, 0.3) is 24.3 Å². The van der Waals surface area contributed by atoms with Gasteiger partial charge < -0.3 is 4.42 Å². The van der Waals surface area contributed by atoms with E-state index >= 15 is 0 Å². The summed E-state index contributed by atoms with van der Waals surface area (Å²) >= 11 is 0. The highest BCUT2D eigenvalue weighted by atomic mass is 16.3. The molecule has 1 heterocycles. The van der Waals surface area contributed by atoms with E-state index in [1.807, 2.05) is 24.3 Å². The highest BCUT2D eigenvalue weighted by Gasteiger charge is 2.04. The summed E-state index contributed by atoms with van der Waals surface area (Å²) in [5, 5.41) is 0.957. The minimum Gasteiger partial charge on any atom is -0.456 e. The molecule has 0 unspecified atom stereocenters. The lowest BCUT2D eigenvalue weighted by Crippen LogP contribution is -2.20. The molecule has 0 atom stereocenters. The minimum absolute atomic E-state index is 0.749. The molecule has 1 aromatic rings. The third kappa shape index (κ3) is 2.85. The van der Waals surface area contributed by atoms with Crippen LogP contribution in [0.3, 0.4) is 0 Å². The van der Waals surface area contributed by atoms with Gasteiger partial charge in [0.15, 0.2) is 0 Å². The first-order chi connectivity index (χ1) is 8.28. The van der Waals surface area contributed by atoms with Gasteiger partial charge in [0.1, 0.15) is 11.2 Å². The van der Waals surface area contributed by atoms with E-state index < -0.39 is 0 Å². The van der Waals surface area contributed by atoms with Crippen LogP contribution in [0.1, 0.15) is 11.3 Å². The summed E-state index contributed by atoms with van der Waals surface area (Å²) in [5.74, 6) is 0.751. The van der Waals surface area contributed by atoms with Gasteiger partial charge in [-0.3, -0.25) is 0 Å². The quantitative estimate of drug-likeness (QED) is 0.701. The fraction of sp³-hybridized carbons (Fsp3) is 0. The van der Waals surface area contributed by atoms with Crippen molar-refractivity contribution in [2.24, 2.45) is 0 Å². The number of hydrogen-bond acceptors (Lipinski definition) is 1. The molecule has 0 radical (unpaired) electrons. The molecule has 0 aliphatic heterocycles. The van der Waals surface area contributed by atoms with Gasteiger partial charge >= 0.3 is 0 Å². The number of allylic oxidation sites excluding steroid dienone is 4. The summed E-state index contributed by atoms with van der Waals surface area (Å²) in [5.41, 5.74) is 1.69. The van der Waals surface area contributed by atoms with Gasteiger partial charge in [-0.25, -0.2) is 0 Å². The van der Waals surface area contributed by atoms with E-state index in [-0.39, 0.29) is 0 Å². The smallest absolute Gasteiger partial charge is 0.135 e. The van der Waals surface area contributed by atoms with E-state index in [0.29, 0.717) is 0 Å². The molecule has 1 heteroatoms. The van der Waals surface area contributed by atoms with E-state index in [1.54, 1.807) is 24.3 Å². The predicted octanol–water partition coefficient (Wildman–Crippen LogP) is 3.05. The van der Waals surface area contributed by atoms with Gasteiger partial charge in [-0.15, -0.1) is 0 Å². The molecule has 0 amide bonds. The molecule has 1 nitrogen and oxygen atoms in total. The van der Waals surface area contributed by atoms with Crippen molar-refractivity contribution in [2.45, 2.75) is 0 Å². The Morgan fingerprint density at radius 3 is 2.12 bits per heavy atom. The molecule has 0 fully saturated rings. The maximum Gasteiger partial charge on any atom is 0.135 e. The summed E-state index contributed by atoms with van der Waals surface area (Å²) < 4.78 is 5.72. The Balaban J connectivity index is 3.66. The number of rotatable bonds is 5. The van der Waals surface area contributed by atoms with Gasteiger partial charge in [-0.2, -0.15) is 0 Å². The number of furan rings is 1. The summed E-state index contributed by atoms with van der Waals surface area (Å²) in [6.07, 6.45) is 14.2. The second-order valence-corrected chi connectivity index (χ2v) is 3.26. The molecular weight excluding hydrogens is 208 g/mol. The zero-order valence-electron chi connectivity index (χ0n) is 9.86. The van der Waals surface area contributed by atoms with E-state index in [9.17, 15) is 0 Å². The first-order valence-corrected chi connectivity index (χ1v) is 5.28. The van der Waals surface area contributed by atoms with Crippen LogP contribution in [0.4, 0.5) is 0 Å². The Bertz CT molecular complexity index is 580. The van der Waals surface area contributed by atoms with Gasteiger partial charge in [0.05, 0.1) is 0 Å². The third-order valence-corrected chi connectivity index (χ3v) is 2.18. The van der Waals surface area contributed by atoms with Crippen LogP contribution in [0.15, 0.2) is 55.0 Å². The summed E-state index contributed by atoms with van der Waals surface area (Å²) in [7, 11) is 0. The second kappa shape index (κ2) is 6.33. The molecule has 0 aliphatic carbocycles. The molecule has 0 bridgehead atoms. The van der Waals surface area contributed by atoms with Crippen molar-refractivity contribution in [3.8, 4) is 0 Å². The first-order valence-electron chi connectivity index (χ1n) is 5.28. The molecule has 1 rings (SSSR count). The fourth-order valence-corrected chi connectivity index (χ4v) is 1.50. The van der Waals surface area contributed by atoms with Crippen molar-refractivity contribution in [2.75, 3.05) is 0 Å². The van der Waals surface area contributed by atoms with Crippen LogP contribution in [-0.2, 0) is 0 Å². The molecule has 0 aromatic carbocycles. The molecule has 86 valence electrons. The van der Waals surface area contributed by atoms with Crippen molar-refractivity contribution in [1.29, 1.82) is 0 Å². The van der Waals surface area contributed by atoms with Crippen LogP contribution >= 0.6 is 0 Å². The molecule has 0 saturated heterocycles. The molecule has 0 saturated carbocycles. The van der Waals surface area contributed by atoms with Gasteiger partial charge in [0, 0.05) is 10.8 Å². The van der Waals surface area contributed by atoms with Crippen molar-refractivity contribution in [3.63, 3.8) is 0 Å². The first kappa shape index (κ1) is 12.8. The highest BCUT2D eigenvalue weighted by Crippen LogP contribution is 2.06. The zero-order valence-corrected chi connectivity index (χ0v) is 9.86. The molecular formula is C16H16O. The van der Waals surface area contributed by atoms with E-state index in [4.69, 9.17) is 4.42 Å². The highest BCUT2D eigenvalue weighted by molar-refractivity contribution is 5.64. The Morgan fingerprint density at radius 2 is 1.59 bits per heavy atom. The van der Waals surface area contributed by atoms with Crippen LogP contribution in [-0.4, -0.2) is 0 Å². The van der Waals surface area contributed by atoms with Crippen molar-refractivity contribution >= 4 is 24.3 Å². The third-order valence-electron chi connectivity index (χ3n) is 2.18. The van der Waals surface area contributed by atoms with E-state index in [1.165, 1.54) is 0 Å². The second-order valence-electron chi connectivity index (χ2n) is 3.26. The van der Waals surface area contributed by atoms with Crippen molar-refractivity contribution in [3.05, 3.63) is 72.6 Å². The van der Waals surface area contributed by atoms with Crippen molar-refractivity contribution < 1.29 is 4.42 Å².